The van der Waals surface area contributed by atoms with Crippen LogP contribution in [0.25, 0.3) is 0 Å². The molecule has 0 heterocycles. The third kappa shape index (κ3) is 5.36. The average molecular weight is 234 g/mol. The topological polar surface area (TPSA) is 20.2 Å². The van der Waals surface area contributed by atoms with Gasteiger partial charge < -0.3 is 5.11 Å². The van der Waals surface area contributed by atoms with Crippen molar-refractivity contribution in [2.75, 3.05) is 6.61 Å². The first kappa shape index (κ1) is 14.2. The highest BCUT2D eigenvalue weighted by atomic mass is 16.3. The zero-order chi connectivity index (χ0) is 12.5. The zero-order valence-corrected chi connectivity index (χ0v) is 11.3. The molecule has 0 saturated carbocycles. The predicted octanol–water partition coefficient (Wildman–Crippen LogP) is 4.43. The van der Waals surface area contributed by atoms with Crippen molar-refractivity contribution in [3.63, 3.8) is 0 Å². The highest BCUT2D eigenvalue weighted by molar-refractivity contribution is 5.24. The molecular formula is C16H26O. The number of rotatable bonds is 8. The van der Waals surface area contributed by atoms with Crippen LogP contribution in [0.15, 0.2) is 24.3 Å². The van der Waals surface area contributed by atoms with Crippen LogP contribution in [0.2, 0.25) is 0 Å². The Bertz CT molecular complexity index is 289. The fourth-order valence-electron chi connectivity index (χ4n) is 2.20. The molecule has 0 bridgehead atoms. The monoisotopic (exact) mass is 234 g/mol. The number of benzene rings is 1. The van der Waals surface area contributed by atoms with Crippen LogP contribution in [0.1, 0.15) is 62.5 Å². The Labute approximate surface area is 106 Å². The van der Waals surface area contributed by atoms with Crippen molar-refractivity contribution in [1.29, 1.82) is 0 Å². The number of aliphatic hydroxyl groups excluding tert-OH is 1. The van der Waals surface area contributed by atoms with E-state index in [-0.39, 0.29) is 6.61 Å². The van der Waals surface area contributed by atoms with E-state index in [4.69, 9.17) is 0 Å². The SMILES string of the molecule is CCCCCCCC(CO)c1ccc(C)cc1. The van der Waals surface area contributed by atoms with Gasteiger partial charge in [-0.05, 0) is 18.9 Å². The third-order valence-corrected chi connectivity index (χ3v) is 3.43. The summed E-state index contributed by atoms with van der Waals surface area (Å²) in [6.45, 7) is 4.61. The zero-order valence-electron chi connectivity index (χ0n) is 11.3. The minimum absolute atomic E-state index is 0.275. The molecule has 0 aliphatic rings. The molecule has 1 nitrogen and oxygen atoms in total. The first-order valence-electron chi connectivity index (χ1n) is 6.95. The van der Waals surface area contributed by atoms with Gasteiger partial charge in [0.05, 0.1) is 0 Å². The molecule has 0 saturated heterocycles. The maximum Gasteiger partial charge on any atom is 0.0499 e. The maximum atomic E-state index is 9.45. The van der Waals surface area contributed by atoms with Gasteiger partial charge in [0, 0.05) is 12.5 Å². The summed E-state index contributed by atoms with van der Waals surface area (Å²) in [6.07, 6.45) is 7.62. The van der Waals surface area contributed by atoms with E-state index in [1.807, 2.05) is 0 Å². The lowest BCUT2D eigenvalue weighted by atomic mass is 9.93. The van der Waals surface area contributed by atoms with Gasteiger partial charge in [-0.15, -0.1) is 0 Å². The van der Waals surface area contributed by atoms with Crippen molar-refractivity contribution in [1.82, 2.24) is 0 Å². The van der Waals surface area contributed by atoms with Gasteiger partial charge in [0.15, 0.2) is 0 Å². The molecule has 1 unspecified atom stereocenters. The fourth-order valence-corrected chi connectivity index (χ4v) is 2.20. The van der Waals surface area contributed by atoms with Gasteiger partial charge in [-0.1, -0.05) is 68.9 Å². The fraction of sp³-hybridized carbons (Fsp3) is 0.625. The Hall–Kier alpha value is -0.820. The van der Waals surface area contributed by atoms with Crippen LogP contribution in [0.3, 0.4) is 0 Å². The summed E-state index contributed by atoms with van der Waals surface area (Å²) in [6, 6.07) is 8.58. The summed E-state index contributed by atoms with van der Waals surface area (Å²) in [7, 11) is 0. The van der Waals surface area contributed by atoms with E-state index >= 15 is 0 Å². The van der Waals surface area contributed by atoms with Gasteiger partial charge in [-0.2, -0.15) is 0 Å². The number of hydrogen-bond donors (Lipinski definition) is 1. The third-order valence-electron chi connectivity index (χ3n) is 3.43. The largest absolute Gasteiger partial charge is 0.396 e. The maximum absolute atomic E-state index is 9.45. The van der Waals surface area contributed by atoms with Crippen LogP contribution in [0, 0.1) is 6.92 Å². The van der Waals surface area contributed by atoms with Crippen molar-refractivity contribution < 1.29 is 5.11 Å². The van der Waals surface area contributed by atoms with Gasteiger partial charge in [-0.3, -0.25) is 0 Å². The molecule has 0 aliphatic heterocycles. The Morgan fingerprint density at radius 2 is 1.65 bits per heavy atom. The molecule has 17 heavy (non-hydrogen) atoms. The lowest BCUT2D eigenvalue weighted by molar-refractivity contribution is 0.256. The van der Waals surface area contributed by atoms with Crippen LogP contribution in [0.4, 0.5) is 0 Å². The van der Waals surface area contributed by atoms with E-state index in [1.54, 1.807) is 0 Å². The summed E-state index contributed by atoms with van der Waals surface area (Å²) < 4.78 is 0. The minimum Gasteiger partial charge on any atom is -0.396 e. The second-order valence-electron chi connectivity index (χ2n) is 4.99. The molecule has 1 N–H and O–H groups in total. The molecule has 96 valence electrons. The molecule has 1 aromatic carbocycles. The molecule has 1 rings (SSSR count). The van der Waals surface area contributed by atoms with Crippen LogP contribution < -0.4 is 0 Å². The molecule has 0 amide bonds. The molecule has 0 fully saturated rings. The van der Waals surface area contributed by atoms with Crippen LogP contribution >= 0.6 is 0 Å². The van der Waals surface area contributed by atoms with E-state index in [0.29, 0.717) is 5.92 Å². The Morgan fingerprint density at radius 1 is 1.00 bits per heavy atom. The van der Waals surface area contributed by atoms with E-state index in [1.165, 1.54) is 43.2 Å². The number of hydrogen-bond acceptors (Lipinski definition) is 1. The molecular weight excluding hydrogens is 208 g/mol. The quantitative estimate of drug-likeness (QED) is 0.660. The average Bonchev–Trinajstić information content (AvgIpc) is 2.35. The van der Waals surface area contributed by atoms with Gasteiger partial charge >= 0.3 is 0 Å². The van der Waals surface area contributed by atoms with E-state index in [2.05, 4.69) is 38.1 Å². The summed E-state index contributed by atoms with van der Waals surface area (Å²) >= 11 is 0. The van der Waals surface area contributed by atoms with Crippen molar-refractivity contribution in [3.8, 4) is 0 Å². The molecule has 1 heteroatoms. The molecule has 1 atom stereocenters. The van der Waals surface area contributed by atoms with Crippen molar-refractivity contribution in [3.05, 3.63) is 35.4 Å². The van der Waals surface area contributed by atoms with E-state index < -0.39 is 0 Å². The lowest BCUT2D eigenvalue weighted by Crippen LogP contribution is -2.04. The van der Waals surface area contributed by atoms with Crippen molar-refractivity contribution >= 4 is 0 Å². The Balaban J connectivity index is 2.35. The molecule has 0 radical (unpaired) electrons. The summed E-state index contributed by atoms with van der Waals surface area (Å²) in [5.74, 6) is 0.331. The number of unbranched alkanes of at least 4 members (excludes halogenated alkanes) is 4. The van der Waals surface area contributed by atoms with Crippen LogP contribution in [0.5, 0.6) is 0 Å². The highest BCUT2D eigenvalue weighted by Crippen LogP contribution is 2.22. The molecule has 0 aromatic heterocycles. The first-order chi connectivity index (χ1) is 8.27. The van der Waals surface area contributed by atoms with Gasteiger partial charge in [0.1, 0.15) is 0 Å². The Kier molecular flexibility index (Phi) is 6.95. The van der Waals surface area contributed by atoms with E-state index in [9.17, 15) is 5.11 Å². The molecule has 0 aliphatic carbocycles. The summed E-state index contributed by atoms with van der Waals surface area (Å²) in [4.78, 5) is 0. The van der Waals surface area contributed by atoms with Crippen LogP contribution in [-0.4, -0.2) is 11.7 Å². The standard InChI is InChI=1S/C16H26O/c1-3-4-5-6-7-8-16(13-17)15-11-9-14(2)10-12-15/h9-12,16-17H,3-8,13H2,1-2H3. The highest BCUT2D eigenvalue weighted by Gasteiger charge is 2.09. The van der Waals surface area contributed by atoms with Gasteiger partial charge in [0.25, 0.3) is 0 Å². The first-order valence-corrected chi connectivity index (χ1v) is 6.95. The Morgan fingerprint density at radius 3 is 2.24 bits per heavy atom. The molecule has 1 aromatic rings. The smallest absolute Gasteiger partial charge is 0.0499 e. The van der Waals surface area contributed by atoms with Crippen molar-refractivity contribution in [2.45, 2.75) is 58.3 Å². The second-order valence-corrected chi connectivity index (χ2v) is 4.99. The predicted molar refractivity (Wildman–Crippen MR) is 74.4 cm³/mol. The minimum atomic E-state index is 0.275. The second kappa shape index (κ2) is 8.30. The normalized spacial score (nSPS) is 12.6. The summed E-state index contributed by atoms with van der Waals surface area (Å²) in [5.41, 5.74) is 2.57. The molecule has 0 spiro atoms. The number of aliphatic hydroxyl groups is 1. The van der Waals surface area contributed by atoms with E-state index in [0.717, 1.165) is 6.42 Å². The summed E-state index contributed by atoms with van der Waals surface area (Å²) in [5, 5.41) is 9.45. The van der Waals surface area contributed by atoms with Gasteiger partial charge in [0.2, 0.25) is 0 Å². The lowest BCUT2D eigenvalue weighted by Gasteiger charge is -2.14. The van der Waals surface area contributed by atoms with Gasteiger partial charge in [-0.25, -0.2) is 0 Å². The number of aryl methyl sites for hydroxylation is 1. The van der Waals surface area contributed by atoms with Crippen LogP contribution in [-0.2, 0) is 0 Å². The van der Waals surface area contributed by atoms with Crippen molar-refractivity contribution in [2.24, 2.45) is 0 Å².